The topological polar surface area (TPSA) is 20.2 Å². The van der Waals surface area contributed by atoms with Gasteiger partial charge < -0.3 is 5.11 Å². The van der Waals surface area contributed by atoms with E-state index in [2.05, 4.69) is 6.92 Å². The van der Waals surface area contributed by atoms with Crippen LogP contribution in [0.15, 0.2) is 18.2 Å². The Morgan fingerprint density at radius 2 is 2.11 bits per heavy atom. The molecule has 0 aromatic heterocycles. The predicted octanol–water partition coefficient (Wildman–Crippen LogP) is 1.88. The third-order valence-corrected chi connectivity index (χ3v) is 1.33. The third-order valence-electron chi connectivity index (χ3n) is 1.33. The van der Waals surface area contributed by atoms with E-state index in [0.717, 1.165) is 11.1 Å². The van der Waals surface area contributed by atoms with Crippen LogP contribution in [0.4, 0.5) is 0 Å². The zero-order valence-electron chi connectivity index (χ0n) is 5.39. The second kappa shape index (κ2) is 2.09. The van der Waals surface area contributed by atoms with Gasteiger partial charge in [0.1, 0.15) is 5.75 Å². The largest absolute Gasteiger partial charge is 0.508 e. The van der Waals surface area contributed by atoms with Crippen LogP contribution in [0, 0.1) is 13.8 Å². The fraction of sp³-hybridized carbons (Fsp3) is 0.125. The van der Waals surface area contributed by atoms with E-state index >= 15 is 0 Å². The highest BCUT2D eigenvalue weighted by Crippen LogP contribution is 2.13. The minimum absolute atomic E-state index is 0.305. The summed E-state index contributed by atoms with van der Waals surface area (Å²) in [6.45, 7) is 5.67. The fourth-order valence-electron chi connectivity index (χ4n) is 0.680. The van der Waals surface area contributed by atoms with Crippen LogP contribution in [0.2, 0.25) is 0 Å². The summed E-state index contributed by atoms with van der Waals surface area (Å²) in [6, 6.07) is 5.13. The lowest BCUT2D eigenvalue weighted by Gasteiger charge is -1.97. The summed E-state index contributed by atoms with van der Waals surface area (Å²) in [5, 5.41) is 8.91. The molecule has 0 saturated carbocycles. The molecule has 9 heavy (non-hydrogen) atoms. The van der Waals surface area contributed by atoms with E-state index in [1.807, 2.05) is 6.92 Å². The number of hydrogen-bond donors (Lipinski definition) is 1. The highest BCUT2D eigenvalue weighted by atomic mass is 16.3. The Morgan fingerprint density at radius 1 is 1.44 bits per heavy atom. The normalized spacial score (nSPS) is 9.56. The highest BCUT2D eigenvalue weighted by Gasteiger charge is 1.91. The van der Waals surface area contributed by atoms with E-state index in [-0.39, 0.29) is 0 Å². The van der Waals surface area contributed by atoms with Gasteiger partial charge in [0, 0.05) is 0 Å². The SMILES string of the molecule is [CH2]c1ccc(O)cc1C. The van der Waals surface area contributed by atoms with Gasteiger partial charge in [0.05, 0.1) is 0 Å². The number of hydrogen-bond acceptors (Lipinski definition) is 1. The lowest BCUT2D eigenvalue weighted by atomic mass is 10.1. The standard InChI is InChI=1S/C8H9O/c1-6-3-4-8(9)5-7(6)2/h3-5,9H,1H2,2H3. The van der Waals surface area contributed by atoms with Crippen LogP contribution in [-0.2, 0) is 0 Å². The van der Waals surface area contributed by atoms with Crippen LogP contribution in [0.5, 0.6) is 5.75 Å². The molecule has 0 saturated heterocycles. The molecule has 0 aliphatic carbocycles. The van der Waals surface area contributed by atoms with Crippen molar-refractivity contribution < 1.29 is 5.11 Å². The zero-order valence-corrected chi connectivity index (χ0v) is 5.39. The first-order valence-corrected chi connectivity index (χ1v) is 2.82. The molecule has 0 heterocycles. The van der Waals surface area contributed by atoms with Crippen molar-refractivity contribution in [1.82, 2.24) is 0 Å². The first-order valence-electron chi connectivity index (χ1n) is 2.82. The lowest BCUT2D eigenvalue weighted by molar-refractivity contribution is 0.475. The predicted molar refractivity (Wildman–Crippen MR) is 37.3 cm³/mol. The van der Waals surface area contributed by atoms with Crippen LogP contribution in [0.1, 0.15) is 11.1 Å². The van der Waals surface area contributed by atoms with Crippen LogP contribution in [-0.4, -0.2) is 5.11 Å². The summed E-state index contributed by atoms with van der Waals surface area (Å²) in [5.74, 6) is 0.305. The highest BCUT2D eigenvalue weighted by molar-refractivity contribution is 5.35. The van der Waals surface area contributed by atoms with Gasteiger partial charge >= 0.3 is 0 Å². The Bertz CT molecular complexity index is 216. The molecule has 0 aliphatic heterocycles. The molecule has 47 valence electrons. The monoisotopic (exact) mass is 121 g/mol. The molecule has 0 aliphatic rings. The average Bonchev–Trinajstić information content (AvgIpc) is 1.80. The number of benzene rings is 1. The van der Waals surface area contributed by atoms with Gasteiger partial charge in [-0.05, 0) is 37.1 Å². The molecule has 1 aromatic carbocycles. The lowest BCUT2D eigenvalue weighted by Crippen LogP contribution is -1.76. The van der Waals surface area contributed by atoms with Crippen molar-refractivity contribution in [3.8, 4) is 5.75 Å². The Kier molecular flexibility index (Phi) is 1.43. The molecule has 0 spiro atoms. The molecule has 0 unspecified atom stereocenters. The smallest absolute Gasteiger partial charge is 0.115 e. The van der Waals surface area contributed by atoms with E-state index in [4.69, 9.17) is 5.11 Å². The van der Waals surface area contributed by atoms with E-state index in [1.54, 1.807) is 18.2 Å². The molecular formula is C8H9O. The maximum atomic E-state index is 8.91. The number of aromatic hydroxyl groups is 1. The molecule has 0 bridgehead atoms. The van der Waals surface area contributed by atoms with Gasteiger partial charge in [0.2, 0.25) is 0 Å². The quantitative estimate of drug-likeness (QED) is 0.555. The summed E-state index contributed by atoms with van der Waals surface area (Å²) in [5.41, 5.74) is 1.99. The van der Waals surface area contributed by atoms with E-state index < -0.39 is 0 Å². The Morgan fingerprint density at radius 3 is 2.56 bits per heavy atom. The van der Waals surface area contributed by atoms with Gasteiger partial charge in [-0.2, -0.15) is 0 Å². The van der Waals surface area contributed by atoms with Crippen molar-refractivity contribution in [3.63, 3.8) is 0 Å². The van der Waals surface area contributed by atoms with Gasteiger partial charge in [-0.15, -0.1) is 0 Å². The molecule has 0 fully saturated rings. The van der Waals surface area contributed by atoms with Crippen molar-refractivity contribution in [2.24, 2.45) is 0 Å². The molecule has 1 N–H and O–H groups in total. The summed E-state index contributed by atoms with van der Waals surface area (Å²) < 4.78 is 0. The molecule has 1 radical (unpaired) electrons. The summed E-state index contributed by atoms with van der Waals surface area (Å²) in [6.07, 6.45) is 0. The van der Waals surface area contributed by atoms with Crippen LogP contribution >= 0.6 is 0 Å². The number of aryl methyl sites for hydroxylation is 1. The molecule has 0 amide bonds. The molecular weight excluding hydrogens is 112 g/mol. The summed E-state index contributed by atoms with van der Waals surface area (Å²) in [7, 11) is 0. The maximum Gasteiger partial charge on any atom is 0.115 e. The van der Waals surface area contributed by atoms with E-state index in [1.165, 1.54) is 0 Å². The van der Waals surface area contributed by atoms with Crippen LogP contribution in [0.25, 0.3) is 0 Å². The molecule has 1 aromatic rings. The van der Waals surface area contributed by atoms with Crippen LogP contribution in [0.3, 0.4) is 0 Å². The van der Waals surface area contributed by atoms with Crippen molar-refractivity contribution in [2.45, 2.75) is 6.92 Å². The fourth-order valence-corrected chi connectivity index (χ4v) is 0.680. The third kappa shape index (κ3) is 1.22. The van der Waals surface area contributed by atoms with Crippen LogP contribution < -0.4 is 0 Å². The van der Waals surface area contributed by atoms with Gasteiger partial charge in [0.15, 0.2) is 0 Å². The number of phenols is 1. The number of phenolic OH excluding ortho intramolecular Hbond substituents is 1. The molecule has 1 heteroatoms. The first-order chi connectivity index (χ1) is 4.20. The first kappa shape index (κ1) is 6.14. The zero-order chi connectivity index (χ0) is 6.85. The Balaban J connectivity index is 3.17. The van der Waals surface area contributed by atoms with Gasteiger partial charge in [-0.3, -0.25) is 0 Å². The minimum atomic E-state index is 0.305. The van der Waals surface area contributed by atoms with Crippen molar-refractivity contribution in [2.75, 3.05) is 0 Å². The van der Waals surface area contributed by atoms with Gasteiger partial charge in [-0.25, -0.2) is 0 Å². The van der Waals surface area contributed by atoms with Gasteiger partial charge in [-0.1, -0.05) is 6.07 Å². The Hall–Kier alpha value is -0.980. The molecule has 1 rings (SSSR count). The van der Waals surface area contributed by atoms with E-state index in [9.17, 15) is 0 Å². The second-order valence-electron chi connectivity index (χ2n) is 2.11. The minimum Gasteiger partial charge on any atom is -0.508 e. The van der Waals surface area contributed by atoms with E-state index in [0.29, 0.717) is 5.75 Å². The van der Waals surface area contributed by atoms with Crippen molar-refractivity contribution in [1.29, 1.82) is 0 Å². The number of rotatable bonds is 0. The van der Waals surface area contributed by atoms with Gasteiger partial charge in [0.25, 0.3) is 0 Å². The van der Waals surface area contributed by atoms with Crippen molar-refractivity contribution in [3.05, 3.63) is 36.2 Å². The maximum absolute atomic E-state index is 8.91. The Labute approximate surface area is 55.0 Å². The average molecular weight is 121 g/mol. The summed E-state index contributed by atoms with van der Waals surface area (Å²) in [4.78, 5) is 0. The summed E-state index contributed by atoms with van der Waals surface area (Å²) >= 11 is 0. The second-order valence-corrected chi connectivity index (χ2v) is 2.11. The van der Waals surface area contributed by atoms with Crippen molar-refractivity contribution >= 4 is 0 Å². The molecule has 0 atom stereocenters. The molecule has 1 nitrogen and oxygen atoms in total.